The number of hydrogen-bond donors (Lipinski definition) is 2. The van der Waals surface area contributed by atoms with Crippen LogP contribution in [0.25, 0.3) is 0 Å². The van der Waals surface area contributed by atoms with Gasteiger partial charge in [-0.05, 0) is 44.5 Å². The molecule has 0 amide bonds. The Bertz CT molecular complexity index is 515. The largest absolute Gasteiger partial charge is 0.313 e. The topological polar surface area (TPSA) is 61.4 Å². The molecule has 1 rings (SSSR count). The average Bonchev–Trinajstić information content (AvgIpc) is 2.38. The molecule has 0 spiro atoms. The van der Waals surface area contributed by atoms with Crippen molar-refractivity contribution in [1.29, 1.82) is 0 Å². The molecule has 0 atom stereocenters. The molecule has 6 heteroatoms. The van der Waals surface area contributed by atoms with Crippen molar-refractivity contribution in [2.75, 3.05) is 18.3 Å². The van der Waals surface area contributed by atoms with Gasteiger partial charge in [-0.3, -0.25) is 4.72 Å². The van der Waals surface area contributed by atoms with Crippen LogP contribution in [0.4, 0.5) is 5.69 Å². The molecular weight excluding hydrogens is 274 g/mol. The monoisotopic (exact) mass is 299 g/mol. The zero-order chi connectivity index (χ0) is 15.2. The van der Waals surface area contributed by atoms with Crippen LogP contribution < -0.4 is 10.0 Å². The lowest BCUT2D eigenvalue weighted by molar-refractivity contribution is 0.414. The smallest absolute Gasteiger partial charge is 0.301 e. The van der Waals surface area contributed by atoms with Gasteiger partial charge in [0.1, 0.15) is 0 Å². The van der Waals surface area contributed by atoms with Gasteiger partial charge in [0, 0.05) is 19.6 Å². The van der Waals surface area contributed by atoms with Gasteiger partial charge >= 0.3 is 10.2 Å². The van der Waals surface area contributed by atoms with Crippen molar-refractivity contribution in [1.82, 2.24) is 9.62 Å². The lowest BCUT2D eigenvalue weighted by Crippen LogP contribution is -2.37. The van der Waals surface area contributed by atoms with E-state index in [1.165, 1.54) is 4.31 Å². The molecule has 0 saturated carbocycles. The maximum atomic E-state index is 12.1. The fourth-order valence-electron chi connectivity index (χ4n) is 1.65. The van der Waals surface area contributed by atoms with E-state index in [9.17, 15) is 8.42 Å². The molecule has 0 saturated heterocycles. The number of rotatable bonds is 8. The Morgan fingerprint density at radius 2 is 2.00 bits per heavy atom. The van der Waals surface area contributed by atoms with Gasteiger partial charge in [-0.2, -0.15) is 12.7 Å². The Hall–Kier alpha value is -1.11. The van der Waals surface area contributed by atoms with Crippen LogP contribution in [0.2, 0.25) is 0 Å². The van der Waals surface area contributed by atoms with Crippen LogP contribution in [-0.4, -0.2) is 32.4 Å². The minimum absolute atomic E-state index is 0.0816. The predicted molar refractivity (Wildman–Crippen MR) is 83.9 cm³/mol. The van der Waals surface area contributed by atoms with Crippen LogP contribution in [0.15, 0.2) is 24.3 Å². The minimum Gasteiger partial charge on any atom is -0.313 e. The molecule has 0 heterocycles. The fourth-order valence-corrected chi connectivity index (χ4v) is 2.78. The van der Waals surface area contributed by atoms with Crippen LogP contribution in [0.3, 0.4) is 0 Å². The Balaban J connectivity index is 2.75. The number of benzene rings is 1. The molecule has 0 aliphatic heterocycles. The van der Waals surface area contributed by atoms with E-state index >= 15 is 0 Å². The summed E-state index contributed by atoms with van der Waals surface area (Å²) in [5.74, 6) is 0. The summed E-state index contributed by atoms with van der Waals surface area (Å²) in [5, 5.41) is 3.29. The molecule has 0 radical (unpaired) electrons. The van der Waals surface area contributed by atoms with Gasteiger partial charge in [0.2, 0.25) is 0 Å². The van der Waals surface area contributed by atoms with Gasteiger partial charge in [-0.1, -0.05) is 19.1 Å². The van der Waals surface area contributed by atoms with Crippen molar-refractivity contribution in [2.24, 2.45) is 0 Å². The molecule has 0 aliphatic carbocycles. The second kappa shape index (κ2) is 7.61. The van der Waals surface area contributed by atoms with Gasteiger partial charge in [-0.25, -0.2) is 0 Å². The van der Waals surface area contributed by atoms with Crippen molar-refractivity contribution >= 4 is 15.9 Å². The summed E-state index contributed by atoms with van der Waals surface area (Å²) in [6.45, 7) is 7.48. The highest BCUT2D eigenvalue weighted by Crippen LogP contribution is 2.14. The highest BCUT2D eigenvalue weighted by Gasteiger charge is 2.20. The van der Waals surface area contributed by atoms with Crippen molar-refractivity contribution in [3.8, 4) is 0 Å². The molecule has 1 aromatic carbocycles. The lowest BCUT2D eigenvalue weighted by Gasteiger charge is -2.21. The summed E-state index contributed by atoms with van der Waals surface area (Å²) in [4.78, 5) is 0. The zero-order valence-corrected chi connectivity index (χ0v) is 13.5. The average molecular weight is 299 g/mol. The van der Waals surface area contributed by atoms with E-state index in [-0.39, 0.29) is 6.04 Å². The third-order valence-electron chi connectivity index (χ3n) is 3.04. The molecule has 0 aliphatic rings. The first-order chi connectivity index (χ1) is 9.36. The summed E-state index contributed by atoms with van der Waals surface area (Å²) in [7, 11) is -1.92. The molecule has 0 aromatic heterocycles. The van der Waals surface area contributed by atoms with E-state index in [2.05, 4.69) is 17.0 Å². The zero-order valence-electron chi connectivity index (χ0n) is 12.7. The number of nitrogens with one attached hydrogen (secondary N) is 2. The van der Waals surface area contributed by atoms with Crippen molar-refractivity contribution in [3.05, 3.63) is 29.8 Å². The Morgan fingerprint density at radius 1 is 1.30 bits per heavy atom. The molecule has 0 unspecified atom stereocenters. The number of hydrogen-bond acceptors (Lipinski definition) is 3. The first-order valence-electron chi connectivity index (χ1n) is 6.92. The molecule has 0 bridgehead atoms. The van der Waals surface area contributed by atoms with Crippen molar-refractivity contribution in [2.45, 2.75) is 39.8 Å². The first kappa shape index (κ1) is 16.9. The standard InChI is InChI=1S/C14H25N3O2S/c1-5-9-15-11-13-7-6-8-14(10-13)16-20(18,19)17(4)12(2)3/h6-8,10,12,15-16H,5,9,11H2,1-4H3. The quantitative estimate of drug-likeness (QED) is 0.723. The van der Waals surface area contributed by atoms with Gasteiger partial charge in [-0.15, -0.1) is 0 Å². The van der Waals surface area contributed by atoms with Gasteiger partial charge < -0.3 is 5.32 Å². The minimum atomic E-state index is -3.49. The van der Waals surface area contributed by atoms with Crippen LogP contribution in [0, 0.1) is 0 Å². The molecule has 1 aromatic rings. The molecule has 5 nitrogen and oxygen atoms in total. The van der Waals surface area contributed by atoms with E-state index in [4.69, 9.17) is 0 Å². The van der Waals surface area contributed by atoms with Crippen molar-refractivity contribution < 1.29 is 8.42 Å². The lowest BCUT2D eigenvalue weighted by atomic mass is 10.2. The highest BCUT2D eigenvalue weighted by molar-refractivity contribution is 7.90. The van der Waals surface area contributed by atoms with Gasteiger partial charge in [0.25, 0.3) is 0 Å². The maximum absolute atomic E-state index is 12.1. The maximum Gasteiger partial charge on any atom is 0.301 e. The van der Waals surface area contributed by atoms with E-state index < -0.39 is 10.2 Å². The summed E-state index contributed by atoms with van der Waals surface area (Å²) < 4.78 is 28.1. The first-order valence-corrected chi connectivity index (χ1v) is 8.36. The Morgan fingerprint density at radius 3 is 2.60 bits per heavy atom. The SMILES string of the molecule is CCCNCc1cccc(NS(=O)(=O)N(C)C(C)C)c1. The highest BCUT2D eigenvalue weighted by atomic mass is 32.2. The second-order valence-corrected chi connectivity index (χ2v) is 6.82. The van der Waals surface area contributed by atoms with E-state index in [0.717, 1.165) is 25.1 Å². The van der Waals surface area contributed by atoms with E-state index in [1.807, 2.05) is 32.0 Å². The number of nitrogens with zero attached hydrogens (tertiary/aromatic N) is 1. The molecule has 0 fully saturated rings. The van der Waals surface area contributed by atoms with Crippen LogP contribution >= 0.6 is 0 Å². The fraction of sp³-hybridized carbons (Fsp3) is 0.571. The van der Waals surface area contributed by atoms with Gasteiger partial charge in [0.15, 0.2) is 0 Å². The second-order valence-electron chi connectivity index (χ2n) is 5.09. The summed E-state index contributed by atoms with van der Waals surface area (Å²) in [6.07, 6.45) is 1.07. The molecule has 2 N–H and O–H groups in total. The van der Waals surface area contributed by atoms with Crippen LogP contribution in [0.5, 0.6) is 0 Å². The van der Waals surface area contributed by atoms with Crippen LogP contribution in [-0.2, 0) is 16.8 Å². The van der Waals surface area contributed by atoms with Crippen LogP contribution in [0.1, 0.15) is 32.8 Å². The summed E-state index contributed by atoms with van der Waals surface area (Å²) >= 11 is 0. The molecular formula is C14H25N3O2S. The third kappa shape index (κ3) is 5.11. The predicted octanol–water partition coefficient (Wildman–Crippen LogP) is 2.18. The molecule has 20 heavy (non-hydrogen) atoms. The molecule has 114 valence electrons. The normalized spacial score (nSPS) is 12.1. The summed E-state index contributed by atoms with van der Waals surface area (Å²) in [5.41, 5.74) is 1.65. The Labute approximate surface area is 122 Å². The van der Waals surface area contributed by atoms with Crippen molar-refractivity contribution in [3.63, 3.8) is 0 Å². The van der Waals surface area contributed by atoms with E-state index in [1.54, 1.807) is 13.1 Å². The third-order valence-corrected chi connectivity index (χ3v) is 4.71. The van der Waals surface area contributed by atoms with E-state index in [0.29, 0.717) is 5.69 Å². The Kier molecular flexibility index (Phi) is 6.45. The summed E-state index contributed by atoms with van der Waals surface area (Å²) in [6, 6.07) is 7.37. The van der Waals surface area contributed by atoms with Gasteiger partial charge in [0.05, 0.1) is 5.69 Å². The number of anilines is 1.